The Bertz CT molecular complexity index is 263. The Morgan fingerprint density at radius 3 is 2.47 bits per heavy atom. The third kappa shape index (κ3) is 2.51. The molecule has 100 valence electrons. The number of morpholine rings is 1. The minimum Gasteiger partial charge on any atom is -0.372 e. The van der Waals surface area contributed by atoms with Gasteiger partial charge in [-0.3, -0.25) is 0 Å². The first-order valence-corrected chi connectivity index (χ1v) is 7.04. The van der Waals surface area contributed by atoms with Crippen molar-refractivity contribution in [3.8, 4) is 0 Å². The molecule has 3 nitrogen and oxygen atoms in total. The summed E-state index contributed by atoms with van der Waals surface area (Å²) in [7, 11) is 0. The van der Waals surface area contributed by atoms with E-state index in [9.17, 15) is 0 Å². The number of rotatable bonds is 3. The summed E-state index contributed by atoms with van der Waals surface area (Å²) in [6.45, 7) is 11.4. The highest BCUT2D eigenvalue weighted by Gasteiger charge is 2.53. The maximum absolute atomic E-state index is 6.17. The molecule has 2 fully saturated rings. The summed E-state index contributed by atoms with van der Waals surface area (Å²) >= 11 is 0. The summed E-state index contributed by atoms with van der Waals surface area (Å²) in [5, 5.41) is 3.69. The normalized spacial score (nSPS) is 36.9. The van der Waals surface area contributed by atoms with Gasteiger partial charge in [-0.15, -0.1) is 0 Å². The standard InChI is InChI=1S/C14H27NO2/c1-5-11(6-2)12-14(16-8-7-15-12)9-13(3,4)17-10-14/h11-12,15H,5-10H2,1-4H3. The van der Waals surface area contributed by atoms with E-state index in [0.717, 1.165) is 26.2 Å². The third-order valence-corrected chi connectivity index (χ3v) is 4.37. The predicted octanol–water partition coefficient (Wildman–Crippen LogP) is 2.35. The van der Waals surface area contributed by atoms with Crippen molar-refractivity contribution >= 4 is 0 Å². The summed E-state index contributed by atoms with van der Waals surface area (Å²) in [6.07, 6.45) is 3.42. The monoisotopic (exact) mass is 241 g/mol. The largest absolute Gasteiger partial charge is 0.372 e. The molecule has 0 aromatic heterocycles. The molecule has 0 radical (unpaired) electrons. The lowest BCUT2D eigenvalue weighted by molar-refractivity contribution is -0.112. The molecule has 3 heteroatoms. The number of hydrogen-bond acceptors (Lipinski definition) is 3. The molecule has 0 amide bonds. The van der Waals surface area contributed by atoms with Crippen LogP contribution in [-0.2, 0) is 9.47 Å². The minimum absolute atomic E-state index is 0.0384. The van der Waals surface area contributed by atoms with E-state index in [1.54, 1.807) is 0 Å². The molecule has 2 aliphatic rings. The molecule has 2 atom stereocenters. The molecular weight excluding hydrogens is 214 g/mol. The van der Waals surface area contributed by atoms with Crippen LogP contribution in [0.3, 0.4) is 0 Å². The van der Waals surface area contributed by atoms with Crippen LogP contribution >= 0.6 is 0 Å². The van der Waals surface area contributed by atoms with Gasteiger partial charge < -0.3 is 14.8 Å². The van der Waals surface area contributed by atoms with E-state index >= 15 is 0 Å². The molecule has 0 aromatic carbocycles. The molecule has 1 N–H and O–H groups in total. The highest BCUT2D eigenvalue weighted by Crippen LogP contribution is 2.41. The first-order chi connectivity index (χ1) is 8.03. The summed E-state index contributed by atoms with van der Waals surface area (Å²) in [5.41, 5.74) is -0.123. The molecule has 17 heavy (non-hydrogen) atoms. The molecule has 2 unspecified atom stereocenters. The van der Waals surface area contributed by atoms with E-state index in [0.29, 0.717) is 12.0 Å². The van der Waals surface area contributed by atoms with E-state index in [1.165, 1.54) is 12.8 Å². The molecule has 2 rings (SSSR count). The van der Waals surface area contributed by atoms with Crippen molar-refractivity contribution in [2.24, 2.45) is 5.92 Å². The van der Waals surface area contributed by atoms with E-state index in [-0.39, 0.29) is 11.2 Å². The second-order valence-electron chi connectivity index (χ2n) is 6.15. The van der Waals surface area contributed by atoms with Gasteiger partial charge in [0.2, 0.25) is 0 Å². The number of nitrogens with one attached hydrogen (secondary N) is 1. The maximum Gasteiger partial charge on any atom is 0.110 e. The fourth-order valence-electron chi connectivity index (χ4n) is 3.53. The lowest BCUT2D eigenvalue weighted by Crippen LogP contribution is -2.61. The molecule has 0 saturated carbocycles. The minimum atomic E-state index is -0.0849. The van der Waals surface area contributed by atoms with Gasteiger partial charge in [-0.05, 0) is 19.8 Å². The van der Waals surface area contributed by atoms with Crippen LogP contribution in [0.2, 0.25) is 0 Å². The topological polar surface area (TPSA) is 30.5 Å². The van der Waals surface area contributed by atoms with E-state index in [2.05, 4.69) is 33.0 Å². The zero-order chi connectivity index (χ0) is 12.5. The fraction of sp³-hybridized carbons (Fsp3) is 1.00. The lowest BCUT2D eigenvalue weighted by Gasteiger charge is -2.45. The molecule has 0 aliphatic carbocycles. The molecule has 1 spiro atoms. The summed E-state index contributed by atoms with van der Waals surface area (Å²) < 4.78 is 12.1. The zero-order valence-electron chi connectivity index (χ0n) is 11.7. The second-order valence-corrected chi connectivity index (χ2v) is 6.15. The van der Waals surface area contributed by atoms with E-state index in [1.807, 2.05) is 0 Å². The Kier molecular flexibility index (Phi) is 3.81. The van der Waals surface area contributed by atoms with Crippen LogP contribution < -0.4 is 5.32 Å². The Morgan fingerprint density at radius 1 is 1.24 bits per heavy atom. The smallest absolute Gasteiger partial charge is 0.110 e. The van der Waals surface area contributed by atoms with Crippen molar-refractivity contribution in [1.82, 2.24) is 5.32 Å². The van der Waals surface area contributed by atoms with Crippen LogP contribution in [0, 0.1) is 5.92 Å². The van der Waals surface area contributed by atoms with Gasteiger partial charge in [0.15, 0.2) is 0 Å². The Labute approximate surface area is 105 Å². The van der Waals surface area contributed by atoms with Gasteiger partial charge in [0.1, 0.15) is 5.60 Å². The summed E-state index contributed by atoms with van der Waals surface area (Å²) in [5.74, 6) is 0.688. The molecule has 2 saturated heterocycles. The molecule has 0 aromatic rings. The van der Waals surface area contributed by atoms with Crippen molar-refractivity contribution in [1.29, 1.82) is 0 Å². The highest BCUT2D eigenvalue weighted by atomic mass is 16.6. The Balaban J connectivity index is 2.17. The van der Waals surface area contributed by atoms with E-state index < -0.39 is 0 Å². The molecule has 2 aliphatic heterocycles. The number of hydrogen-bond donors (Lipinski definition) is 1. The van der Waals surface area contributed by atoms with Crippen LogP contribution in [0.15, 0.2) is 0 Å². The number of ether oxygens (including phenoxy) is 2. The van der Waals surface area contributed by atoms with Gasteiger partial charge in [-0.25, -0.2) is 0 Å². The van der Waals surface area contributed by atoms with Crippen molar-refractivity contribution in [2.45, 2.75) is 64.2 Å². The van der Waals surface area contributed by atoms with Gasteiger partial charge in [0.25, 0.3) is 0 Å². The SMILES string of the molecule is CCC(CC)C1NCCOC12COC(C)(C)C2. The fourth-order valence-corrected chi connectivity index (χ4v) is 3.53. The first-order valence-electron chi connectivity index (χ1n) is 7.04. The van der Waals surface area contributed by atoms with Gasteiger partial charge in [-0.2, -0.15) is 0 Å². The van der Waals surface area contributed by atoms with Crippen molar-refractivity contribution in [2.75, 3.05) is 19.8 Å². The zero-order valence-corrected chi connectivity index (χ0v) is 11.7. The molecular formula is C14H27NO2. The van der Waals surface area contributed by atoms with Crippen LogP contribution in [0.1, 0.15) is 47.0 Å². The van der Waals surface area contributed by atoms with Gasteiger partial charge in [0.05, 0.1) is 18.8 Å². The highest BCUT2D eigenvalue weighted by molar-refractivity contribution is 5.05. The second kappa shape index (κ2) is 4.87. The average molecular weight is 241 g/mol. The van der Waals surface area contributed by atoms with Crippen LogP contribution in [0.25, 0.3) is 0 Å². The predicted molar refractivity (Wildman–Crippen MR) is 69.2 cm³/mol. The van der Waals surface area contributed by atoms with Crippen molar-refractivity contribution in [3.63, 3.8) is 0 Å². The maximum atomic E-state index is 6.17. The van der Waals surface area contributed by atoms with Crippen molar-refractivity contribution in [3.05, 3.63) is 0 Å². The van der Waals surface area contributed by atoms with Crippen LogP contribution in [0.4, 0.5) is 0 Å². The van der Waals surface area contributed by atoms with E-state index in [4.69, 9.17) is 9.47 Å². The van der Waals surface area contributed by atoms with Gasteiger partial charge in [0, 0.05) is 19.0 Å². The Hall–Kier alpha value is -0.120. The van der Waals surface area contributed by atoms with Crippen LogP contribution in [0.5, 0.6) is 0 Å². The molecule has 2 heterocycles. The first kappa shape index (κ1) is 13.3. The Morgan fingerprint density at radius 2 is 1.94 bits per heavy atom. The lowest BCUT2D eigenvalue weighted by atomic mass is 9.77. The van der Waals surface area contributed by atoms with Crippen molar-refractivity contribution < 1.29 is 9.47 Å². The third-order valence-electron chi connectivity index (χ3n) is 4.37. The molecule has 0 bridgehead atoms. The quantitative estimate of drug-likeness (QED) is 0.822. The average Bonchev–Trinajstić information content (AvgIpc) is 2.59. The van der Waals surface area contributed by atoms with Gasteiger partial charge >= 0.3 is 0 Å². The summed E-state index contributed by atoms with van der Waals surface area (Å²) in [6, 6.07) is 0.452. The van der Waals surface area contributed by atoms with Gasteiger partial charge in [-0.1, -0.05) is 26.7 Å². The van der Waals surface area contributed by atoms with Crippen LogP contribution in [-0.4, -0.2) is 37.0 Å². The summed E-state index contributed by atoms with van der Waals surface area (Å²) in [4.78, 5) is 0.